The van der Waals surface area contributed by atoms with E-state index in [0.717, 1.165) is 38.2 Å². The maximum absolute atomic E-state index is 6.11. The lowest BCUT2D eigenvalue weighted by atomic mass is 9.89. The van der Waals surface area contributed by atoms with Gasteiger partial charge in [0.25, 0.3) is 0 Å². The third-order valence-electron chi connectivity index (χ3n) is 4.20. The molecule has 2 atom stereocenters. The van der Waals surface area contributed by atoms with E-state index in [1.807, 2.05) is 12.1 Å². The van der Waals surface area contributed by atoms with Gasteiger partial charge in [0, 0.05) is 13.0 Å². The Labute approximate surface area is 120 Å². The Kier molecular flexibility index (Phi) is 4.24. The van der Waals surface area contributed by atoms with Crippen LogP contribution in [0.2, 0.25) is 0 Å². The van der Waals surface area contributed by atoms with Crippen molar-refractivity contribution in [3.63, 3.8) is 0 Å². The van der Waals surface area contributed by atoms with E-state index in [0.29, 0.717) is 13.2 Å². The summed E-state index contributed by atoms with van der Waals surface area (Å²) in [5.41, 5.74) is -0.0172. The van der Waals surface area contributed by atoms with Gasteiger partial charge in [0.2, 0.25) is 0 Å². The highest BCUT2D eigenvalue weighted by Gasteiger charge is 2.43. The van der Waals surface area contributed by atoms with Crippen LogP contribution in [0.25, 0.3) is 0 Å². The highest BCUT2D eigenvalue weighted by molar-refractivity contribution is 5.01. The van der Waals surface area contributed by atoms with Crippen molar-refractivity contribution in [2.24, 2.45) is 0 Å². The molecule has 1 spiro atoms. The van der Waals surface area contributed by atoms with Crippen molar-refractivity contribution in [3.8, 4) is 0 Å². The molecule has 2 unspecified atom stereocenters. The summed E-state index contributed by atoms with van der Waals surface area (Å²) in [6.07, 6.45) is 7.06. The van der Waals surface area contributed by atoms with Crippen LogP contribution in [0, 0.1) is 0 Å². The topological polar surface area (TPSA) is 34.8 Å². The van der Waals surface area contributed by atoms with Crippen LogP contribution in [-0.2, 0) is 16.0 Å². The van der Waals surface area contributed by atoms with Crippen molar-refractivity contribution >= 4 is 0 Å². The summed E-state index contributed by atoms with van der Waals surface area (Å²) in [7, 11) is 0. The molecule has 2 fully saturated rings. The zero-order valence-electron chi connectivity index (χ0n) is 11.9. The average molecular weight is 277 g/mol. The number of nitrogens with zero attached hydrogens (tertiary/aromatic N) is 1. The quantitative estimate of drug-likeness (QED) is 0.775. The van der Waals surface area contributed by atoms with Crippen molar-refractivity contribution in [1.82, 2.24) is 4.90 Å². The maximum Gasteiger partial charge on any atom is 0.117 e. The summed E-state index contributed by atoms with van der Waals surface area (Å²) < 4.78 is 17.3. The predicted octanol–water partition coefficient (Wildman–Crippen LogP) is 2.61. The van der Waals surface area contributed by atoms with Gasteiger partial charge in [-0.2, -0.15) is 0 Å². The molecule has 110 valence electrons. The van der Waals surface area contributed by atoms with Gasteiger partial charge in [-0.25, -0.2) is 0 Å². The molecule has 3 heterocycles. The zero-order valence-corrected chi connectivity index (χ0v) is 11.9. The number of hydrogen-bond donors (Lipinski definition) is 0. The summed E-state index contributed by atoms with van der Waals surface area (Å²) in [5, 5.41) is 0. The molecule has 0 amide bonds. The number of furan rings is 1. The Balaban J connectivity index is 1.56. The molecule has 0 bridgehead atoms. The normalized spacial score (nSPS) is 30.9. The maximum atomic E-state index is 6.11. The molecule has 2 aliphatic heterocycles. The summed E-state index contributed by atoms with van der Waals surface area (Å²) >= 11 is 0. The molecule has 4 heteroatoms. The molecule has 4 nitrogen and oxygen atoms in total. The molecule has 0 aliphatic carbocycles. The molecule has 1 aromatic rings. The standard InChI is InChI=1S/C16H23NO3/c1-2-8-18-15-10-16(20-12-15)6-4-7-17(13-16)11-14-5-3-9-19-14/h2-3,5,9,15H,1,4,6-8,10-13H2. The monoisotopic (exact) mass is 277 g/mol. The fourth-order valence-corrected chi connectivity index (χ4v) is 3.35. The first kappa shape index (κ1) is 13.9. The van der Waals surface area contributed by atoms with Gasteiger partial charge in [0.05, 0.1) is 37.7 Å². The minimum Gasteiger partial charge on any atom is -0.468 e. The van der Waals surface area contributed by atoms with Gasteiger partial charge in [0.15, 0.2) is 0 Å². The molecule has 0 N–H and O–H groups in total. The van der Waals surface area contributed by atoms with Gasteiger partial charge >= 0.3 is 0 Å². The lowest BCUT2D eigenvalue weighted by molar-refractivity contribution is -0.0555. The molecular weight excluding hydrogens is 254 g/mol. The van der Waals surface area contributed by atoms with Gasteiger partial charge in [-0.3, -0.25) is 4.90 Å². The third-order valence-corrected chi connectivity index (χ3v) is 4.20. The van der Waals surface area contributed by atoms with Crippen LogP contribution >= 0.6 is 0 Å². The second kappa shape index (κ2) is 6.12. The summed E-state index contributed by atoms with van der Waals surface area (Å²) in [5.74, 6) is 1.03. The molecular formula is C16H23NO3. The fraction of sp³-hybridized carbons (Fsp3) is 0.625. The van der Waals surface area contributed by atoms with Crippen LogP contribution in [-0.4, -0.2) is 42.9 Å². The van der Waals surface area contributed by atoms with Crippen LogP contribution < -0.4 is 0 Å². The van der Waals surface area contributed by atoms with E-state index >= 15 is 0 Å². The zero-order chi connectivity index (χ0) is 13.8. The molecule has 1 aromatic heterocycles. The van der Waals surface area contributed by atoms with E-state index in [9.17, 15) is 0 Å². The lowest BCUT2D eigenvalue weighted by Crippen LogP contribution is -2.47. The van der Waals surface area contributed by atoms with E-state index in [-0.39, 0.29) is 11.7 Å². The molecule has 20 heavy (non-hydrogen) atoms. The van der Waals surface area contributed by atoms with Crippen molar-refractivity contribution in [3.05, 3.63) is 36.8 Å². The second-order valence-corrected chi connectivity index (χ2v) is 5.84. The Morgan fingerprint density at radius 3 is 3.30 bits per heavy atom. The van der Waals surface area contributed by atoms with Crippen molar-refractivity contribution < 1.29 is 13.9 Å². The SMILES string of the molecule is C=CCOC1COC2(CCCN(Cc3ccco3)C2)C1. The van der Waals surface area contributed by atoms with Crippen LogP contribution in [0.5, 0.6) is 0 Å². The number of ether oxygens (including phenoxy) is 2. The van der Waals surface area contributed by atoms with Gasteiger partial charge < -0.3 is 13.9 Å². The van der Waals surface area contributed by atoms with Crippen LogP contribution in [0.15, 0.2) is 35.5 Å². The Hall–Kier alpha value is -1.10. The first-order valence-electron chi connectivity index (χ1n) is 7.41. The lowest BCUT2D eigenvalue weighted by Gasteiger charge is -2.39. The fourth-order valence-electron chi connectivity index (χ4n) is 3.35. The van der Waals surface area contributed by atoms with E-state index in [4.69, 9.17) is 13.9 Å². The number of rotatable bonds is 5. The summed E-state index contributed by atoms with van der Waals surface area (Å²) in [6.45, 7) is 7.98. The van der Waals surface area contributed by atoms with Crippen LogP contribution in [0.4, 0.5) is 0 Å². The van der Waals surface area contributed by atoms with E-state index < -0.39 is 0 Å². The molecule has 0 radical (unpaired) electrons. The Morgan fingerprint density at radius 2 is 2.50 bits per heavy atom. The Bertz CT molecular complexity index is 431. The van der Waals surface area contributed by atoms with E-state index in [1.165, 1.54) is 6.42 Å². The van der Waals surface area contributed by atoms with Crippen molar-refractivity contribution in [2.45, 2.75) is 37.5 Å². The van der Waals surface area contributed by atoms with Crippen molar-refractivity contribution in [1.29, 1.82) is 0 Å². The highest BCUT2D eigenvalue weighted by Crippen LogP contribution is 2.36. The molecule has 2 aliphatic rings. The van der Waals surface area contributed by atoms with Gasteiger partial charge in [-0.1, -0.05) is 6.08 Å². The number of likely N-dealkylation sites (tertiary alicyclic amines) is 1. The van der Waals surface area contributed by atoms with Gasteiger partial charge in [0.1, 0.15) is 5.76 Å². The van der Waals surface area contributed by atoms with Crippen LogP contribution in [0.1, 0.15) is 25.0 Å². The van der Waals surface area contributed by atoms with Crippen molar-refractivity contribution in [2.75, 3.05) is 26.3 Å². The second-order valence-electron chi connectivity index (χ2n) is 5.84. The molecule has 3 rings (SSSR count). The molecule has 0 aromatic carbocycles. The largest absolute Gasteiger partial charge is 0.468 e. The highest BCUT2D eigenvalue weighted by atomic mass is 16.6. The minimum absolute atomic E-state index is 0.0172. The first-order valence-corrected chi connectivity index (χ1v) is 7.41. The molecule has 2 saturated heterocycles. The van der Waals surface area contributed by atoms with Crippen LogP contribution in [0.3, 0.4) is 0 Å². The minimum atomic E-state index is -0.0172. The Morgan fingerprint density at radius 1 is 1.55 bits per heavy atom. The van der Waals surface area contributed by atoms with Gasteiger partial charge in [-0.05, 0) is 31.5 Å². The predicted molar refractivity (Wildman–Crippen MR) is 76.5 cm³/mol. The number of piperidine rings is 1. The van der Waals surface area contributed by atoms with E-state index in [1.54, 1.807) is 12.3 Å². The number of hydrogen-bond acceptors (Lipinski definition) is 4. The van der Waals surface area contributed by atoms with E-state index in [2.05, 4.69) is 11.5 Å². The average Bonchev–Trinajstić information content (AvgIpc) is 3.07. The smallest absolute Gasteiger partial charge is 0.117 e. The third kappa shape index (κ3) is 3.14. The first-order chi connectivity index (χ1) is 9.80. The molecule has 0 saturated carbocycles. The summed E-state index contributed by atoms with van der Waals surface area (Å²) in [4.78, 5) is 2.43. The summed E-state index contributed by atoms with van der Waals surface area (Å²) in [6, 6.07) is 3.98. The van der Waals surface area contributed by atoms with Gasteiger partial charge in [-0.15, -0.1) is 6.58 Å².